The van der Waals surface area contributed by atoms with Crippen molar-refractivity contribution in [3.63, 3.8) is 0 Å². The monoisotopic (exact) mass is 369 g/mol. The van der Waals surface area contributed by atoms with Crippen molar-refractivity contribution in [1.82, 2.24) is 10.0 Å². The van der Waals surface area contributed by atoms with Crippen molar-refractivity contribution < 1.29 is 17.9 Å². The lowest BCUT2D eigenvalue weighted by Gasteiger charge is -2.24. The summed E-state index contributed by atoms with van der Waals surface area (Å²) in [5, 5.41) is 2.79. The third-order valence-corrected chi connectivity index (χ3v) is 5.90. The molecule has 0 heterocycles. The number of nitrogens with two attached hydrogens (primary N) is 1. The van der Waals surface area contributed by atoms with E-state index in [1.165, 1.54) is 25.3 Å². The molecule has 0 atom stereocenters. The molecule has 1 aromatic carbocycles. The van der Waals surface area contributed by atoms with Gasteiger partial charge in [0.1, 0.15) is 10.6 Å². The Morgan fingerprint density at radius 1 is 1.32 bits per heavy atom. The molecule has 0 aliphatic heterocycles. The minimum Gasteiger partial charge on any atom is -0.495 e. The summed E-state index contributed by atoms with van der Waals surface area (Å²) >= 11 is 0. The first-order chi connectivity index (χ1) is 11.7. The molecule has 0 aromatic heterocycles. The Morgan fingerprint density at radius 2 is 1.96 bits per heavy atom. The Kier molecular flexibility index (Phi) is 6.08. The zero-order valence-corrected chi connectivity index (χ0v) is 15.8. The van der Waals surface area contributed by atoms with Crippen LogP contribution in [0.5, 0.6) is 5.75 Å². The van der Waals surface area contributed by atoms with Crippen LogP contribution in [0.1, 0.15) is 49.9 Å². The zero-order valence-electron chi connectivity index (χ0n) is 15.0. The number of hydrogen-bond donors (Lipinski definition) is 3. The highest BCUT2D eigenvalue weighted by Crippen LogP contribution is 2.27. The van der Waals surface area contributed by atoms with Gasteiger partial charge in [0, 0.05) is 23.7 Å². The van der Waals surface area contributed by atoms with E-state index in [0.29, 0.717) is 0 Å². The van der Waals surface area contributed by atoms with Gasteiger partial charge in [0.05, 0.1) is 7.11 Å². The lowest BCUT2D eigenvalue weighted by Crippen LogP contribution is -2.48. The third-order valence-electron chi connectivity index (χ3n) is 4.35. The van der Waals surface area contributed by atoms with Crippen LogP contribution in [0, 0.1) is 0 Å². The number of carbonyl (C=O) groups is 1. The number of carbonyl (C=O) groups excluding carboxylic acids is 1. The van der Waals surface area contributed by atoms with E-state index in [2.05, 4.69) is 10.0 Å². The molecule has 0 radical (unpaired) electrons. The Hall–Kier alpha value is -1.64. The first kappa shape index (κ1) is 19.7. The van der Waals surface area contributed by atoms with Gasteiger partial charge >= 0.3 is 0 Å². The number of rotatable bonds is 7. The number of methoxy groups -OCH3 is 1. The second-order valence-corrected chi connectivity index (χ2v) is 8.69. The molecule has 0 spiro atoms. The second kappa shape index (κ2) is 7.72. The summed E-state index contributed by atoms with van der Waals surface area (Å²) in [5.74, 6) is -0.171. The lowest BCUT2D eigenvalue weighted by atomic mass is 10.1. The van der Waals surface area contributed by atoms with Crippen molar-refractivity contribution in [1.29, 1.82) is 0 Å². The first-order valence-electron chi connectivity index (χ1n) is 8.41. The predicted octanol–water partition coefficient (Wildman–Crippen LogP) is 1.38. The first-order valence-corrected chi connectivity index (χ1v) is 9.90. The fourth-order valence-electron chi connectivity index (χ4n) is 2.79. The number of hydrogen-bond acceptors (Lipinski definition) is 5. The van der Waals surface area contributed by atoms with Crippen LogP contribution in [0.3, 0.4) is 0 Å². The van der Waals surface area contributed by atoms with E-state index < -0.39 is 15.6 Å². The molecule has 0 unspecified atom stereocenters. The summed E-state index contributed by atoms with van der Waals surface area (Å²) in [7, 11) is -2.37. The minimum absolute atomic E-state index is 0.0277. The number of benzene rings is 1. The average Bonchev–Trinajstić information content (AvgIpc) is 3.06. The van der Waals surface area contributed by atoms with Gasteiger partial charge in [0.2, 0.25) is 10.0 Å². The molecule has 1 aliphatic rings. The summed E-state index contributed by atoms with van der Waals surface area (Å²) in [6.45, 7) is 3.87. The highest BCUT2D eigenvalue weighted by atomic mass is 32.2. The standard InChI is InChI=1S/C17H27N3O4S/c1-17(2,11-18)19-16(21)12-8-9-14(24-3)15(10-12)25(22,23)20-13-6-4-5-7-13/h8-10,13,20H,4-7,11,18H2,1-3H3,(H,19,21). The summed E-state index contributed by atoms with van der Waals surface area (Å²) in [4.78, 5) is 12.4. The summed E-state index contributed by atoms with van der Waals surface area (Å²) in [6, 6.07) is 4.31. The number of sulfonamides is 1. The molecule has 7 nitrogen and oxygen atoms in total. The van der Waals surface area contributed by atoms with Gasteiger partial charge < -0.3 is 15.8 Å². The molecular formula is C17H27N3O4S. The lowest BCUT2D eigenvalue weighted by molar-refractivity contribution is 0.0915. The molecule has 4 N–H and O–H groups in total. The van der Waals surface area contributed by atoms with E-state index >= 15 is 0 Å². The van der Waals surface area contributed by atoms with Crippen molar-refractivity contribution in [2.45, 2.75) is 56.0 Å². The van der Waals surface area contributed by atoms with E-state index in [1.807, 2.05) is 0 Å². The highest BCUT2D eigenvalue weighted by Gasteiger charge is 2.27. The van der Waals surface area contributed by atoms with Gasteiger partial charge in [0.25, 0.3) is 5.91 Å². The van der Waals surface area contributed by atoms with E-state index in [1.54, 1.807) is 13.8 Å². The Balaban J connectivity index is 2.31. The molecule has 1 aliphatic carbocycles. The molecule has 0 bridgehead atoms. The van der Waals surface area contributed by atoms with Crippen LogP contribution in [0.2, 0.25) is 0 Å². The van der Waals surface area contributed by atoms with Crippen LogP contribution >= 0.6 is 0 Å². The van der Waals surface area contributed by atoms with Crippen molar-refractivity contribution in [2.24, 2.45) is 5.73 Å². The molecule has 1 aromatic rings. The molecule has 1 amide bonds. The van der Waals surface area contributed by atoms with Gasteiger partial charge in [0.15, 0.2) is 0 Å². The number of ether oxygens (including phenoxy) is 1. The molecule has 25 heavy (non-hydrogen) atoms. The van der Waals surface area contributed by atoms with Crippen LogP contribution in [-0.4, -0.2) is 39.6 Å². The van der Waals surface area contributed by atoms with E-state index in [9.17, 15) is 13.2 Å². The Morgan fingerprint density at radius 3 is 2.52 bits per heavy atom. The molecule has 0 saturated heterocycles. The van der Waals surface area contributed by atoms with E-state index in [4.69, 9.17) is 10.5 Å². The third kappa shape index (κ3) is 4.93. The minimum atomic E-state index is -3.77. The molecule has 1 saturated carbocycles. The van der Waals surface area contributed by atoms with Crippen molar-refractivity contribution in [3.05, 3.63) is 23.8 Å². The van der Waals surface area contributed by atoms with Gasteiger partial charge in [-0.2, -0.15) is 0 Å². The van der Waals surface area contributed by atoms with Crippen LogP contribution in [-0.2, 0) is 10.0 Å². The fraction of sp³-hybridized carbons (Fsp3) is 0.588. The van der Waals surface area contributed by atoms with Gasteiger partial charge in [-0.25, -0.2) is 13.1 Å². The van der Waals surface area contributed by atoms with Crippen LogP contribution in [0.25, 0.3) is 0 Å². The SMILES string of the molecule is COc1ccc(C(=O)NC(C)(C)CN)cc1S(=O)(=O)NC1CCCC1. The maximum atomic E-state index is 12.7. The molecule has 8 heteroatoms. The summed E-state index contributed by atoms with van der Waals surface area (Å²) in [5.41, 5.74) is 5.29. The van der Waals surface area contributed by atoms with Crippen LogP contribution < -0.4 is 20.5 Å². The number of amides is 1. The van der Waals surface area contributed by atoms with Gasteiger partial charge in [-0.15, -0.1) is 0 Å². The van der Waals surface area contributed by atoms with Gasteiger partial charge in [-0.3, -0.25) is 4.79 Å². The normalized spacial score (nSPS) is 16.0. The summed E-state index contributed by atoms with van der Waals surface area (Å²) in [6.07, 6.45) is 3.68. The zero-order chi connectivity index (χ0) is 18.7. The average molecular weight is 369 g/mol. The topological polar surface area (TPSA) is 111 Å². The van der Waals surface area contributed by atoms with Crippen molar-refractivity contribution in [3.8, 4) is 5.75 Å². The van der Waals surface area contributed by atoms with Crippen molar-refractivity contribution >= 4 is 15.9 Å². The quantitative estimate of drug-likeness (QED) is 0.672. The Labute approximate surface area is 149 Å². The molecule has 1 fully saturated rings. The van der Waals surface area contributed by atoms with Crippen LogP contribution in [0.15, 0.2) is 23.1 Å². The maximum Gasteiger partial charge on any atom is 0.251 e. The van der Waals surface area contributed by atoms with Crippen molar-refractivity contribution in [2.75, 3.05) is 13.7 Å². The highest BCUT2D eigenvalue weighted by molar-refractivity contribution is 7.89. The molecule has 2 rings (SSSR count). The Bertz CT molecular complexity index is 725. The second-order valence-electron chi connectivity index (χ2n) is 7.01. The number of nitrogens with one attached hydrogen (secondary N) is 2. The smallest absolute Gasteiger partial charge is 0.251 e. The summed E-state index contributed by atoms with van der Waals surface area (Å²) < 4.78 is 33.4. The van der Waals surface area contributed by atoms with Crippen LogP contribution in [0.4, 0.5) is 0 Å². The largest absolute Gasteiger partial charge is 0.495 e. The molecule has 140 valence electrons. The fourth-order valence-corrected chi connectivity index (χ4v) is 4.28. The predicted molar refractivity (Wildman–Crippen MR) is 96.2 cm³/mol. The maximum absolute atomic E-state index is 12.7. The van der Waals surface area contributed by atoms with Gasteiger partial charge in [-0.05, 0) is 44.9 Å². The molecular weight excluding hydrogens is 342 g/mol. The van der Waals surface area contributed by atoms with E-state index in [0.717, 1.165) is 25.7 Å². The van der Waals surface area contributed by atoms with Gasteiger partial charge in [-0.1, -0.05) is 12.8 Å². The van der Waals surface area contributed by atoms with E-state index in [-0.39, 0.29) is 34.7 Å².